The number of fused-ring (bicyclic) bond motifs is 1. The molecule has 0 radical (unpaired) electrons. The van der Waals surface area contributed by atoms with Gasteiger partial charge in [0.05, 0.1) is 30.3 Å². The van der Waals surface area contributed by atoms with Crippen molar-refractivity contribution in [3.05, 3.63) is 0 Å². The average molecular weight is 298 g/mol. The fourth-order valence-corrected chi connectivity index (χ4v) is 5.77. The first-order valence-corrected chi connectivity index (χ1v) is 9.20. The SMILES string of the molecule is CCCNS(=O)(=O)N1CCOC2CS(=O)(=O)CC21. The van der Waals surface area contributed by atoms with E-state index >= 15 is 0 Å². The predicted octanol–water partition coefficient (Wildman–Crippen LogP) is -1.27. The molecule has 2 aliphatic rings. The molecule has 106 valence electrons. The molecule has 2 unspecified atom stereocenters. The van der Waals surface area contributed by atoms with Gasteiger partial charge < -0.3 is 4.74 Å². The molecule has 0 aromatic carbocycles. The molecule has 0 aromatic heterocycles. The van der Waals surface area contributed by atoms with Crippen LogP contribution in [0.15, 0.2) is 0 Å². The van der Waals surface area contributed by atoms with Gasteiger partial charge in [0, 0.05) is 13.1 Å². The molecule has 2 heterocycles. The lowest BCUT2D eigenvalue weighted by Gasteiger charge is -2.35. The van der Waals surface area contributed by atoms with Crippen molar-refractivity contribution in [2.45, 2.75) is 25.5 Å². The molecule has 1 N–H and O–H groups in total. The lowest BCUT2D eigenvalue weighted by Crippen LogP contribution is -2.56. The first-order chi connectivity index (χ1) is 8.36. The Balaban J connectivity index is 2.18. The largest absolute Gasteiger partial charge is 0.374 e. The topological polar surface area (TPSA) is 92.8 Å². The van der Waals surface area contributed by atoms with Gasteiger partial charge in [-0.3, -0.25) is 0 Å². The van der Waals surface area contributed by atoms with Crippen molar-refractivity contribution >= 4 is 20.0 Å². The Bertz CT molecular complexity index is 501. The van der Waals surface area contributed by atoms with Crippen LogP contribution in [0.5, 0.6) is 0 Å². The van der Waals surface area contributed by atoms with Gasteiger partial charge in [-0.15, -0.1) is 0 Å². The van der Waals surface area contributed by atoms with Crippen LogP contribution in [0.1, 0.15) is 13.3 Å². The zero-order chi connectivity index (χ0) is 13.4. The standard InChI is InChI=1S/C9H18N2O5S2/c1-2-3-10-18(14,15)11-4-5-16-9-7-17(12,13)6-8(9)11/h8-10H,2-7H2,1H3. The van der Waals surface area contributed by atoms with Gasteiger partial charge in [-0.1, -0.05) is 6.92 Å². The molecular formula is C9H18N2O5S2. The summed E-state index contributed by atoms with van der Waals surface area (Å²) in [6.45, 7) is 2.66. The number of nitrogens with zero attached hydrogens (tertiary/aromatic N) is 1. The van der Waals surface area contributed by atoms with Crippen LogP contribution in [0, 0.1) is 0 Å². The molecule has 0 aromatic rings. The summed E-state index contributed by atoms with van der Waals surface area (Å²) in [4.78, 5) is 0. The zero-order valence-corrected chi connectivity index (χ0v) is 11.8. The van der Waals surface area contributed by atoms with Crippen LogP contribution < -0.4 is 4.72 Å². The van der Waals surface area contributed by atoms with E-state index in [0.29, 0.717) is 13.0 Å². The highest BCUT2D eigenvalue weighted by Gasteiger charge is 2.47. The Morgan fingerprint density at radius 1 is 1.39 bits per heavy atom. The summed E-state index contributed by atoms with van der Waals surface area (Å²) in [6.07, 6.45) is 0.164. The molecule has 0 bridgehead atoms. The van der Waals surface area contributed by atoms with Gasteiger partial charge in [-0.2, -0.15) is 12.7 Å². The number of nitrogens with one attached hydrogen (secondary N) is 1. The Kier molecular flexibility index (Phi) is 3.98. The number of rotatable bonds is 4. The molecule has 0 aliphatic carbocycles. The van der Waals surface area contributed by atoms with Crippen molar-refractivity contribution in [3.63, 3.8) is 0 Å². The molecule has 7 nitrogen and oxygen atoms in total. The lowest BCUT2D eigenvalue weighted by molar-refractivity contribution is -0.0145. The van der Waals surface area contributed by atoms with Crippen LogP contribution >= 0.6 is 0 Å². The van der Waals surface area contributed by atoms with E-state index in [0.717, 1.165) is 0 Å². The van der Waals surface area contributed by atoms with Crippen molar-refractivity contribution in [2.75, 3.05) is 31.2 Å². The molecule has 2 fully saturated rings. The minimum Gasteiger partial charge on any atom is -0.374 e. The van der Waals surface area contributed by atoms with E-state index in [9.17, 15) is 16.8 Å². The predicted molar refractivity (Wildman–Crippen MR) is 66.1 cm³/mol. The zero-order valence-electron chi connectivity index (χ0n) is 10.2. The summed E-state index contributed by atoms with van der Waals surface area (Å²) in [6, 6.07) is -0.585. The summed E-state index contributed by atoms with van der Waals surface area (Å²) in [5.74, 6) is -0.234. The summed E-state index contributed by atoms with van der Waals surface area (Å²) >= 11 is 0. The van der Waals surface area contributed by atoms with Crippen LogP contribution in [0.25, 0.3) is 0 Å². The number of morpholine rings is 1. The van der Waals surface area contributed by atoms with Crippen molar-refractivity contribution in [1.82, 2.24) is 9.03 Å². The molecule has 2 atom stereocenters. The van der Waals surface area contributed by atoms with E-state index in [1.165, 1.54) is 4.31 Å². The van der Waals surface area contributed by atoms with Crippen LogP contribution in [0.3, 0.4) is 0 Å². The third kappa shape index (κ3) is 2.85. The second kappa shape index (κ2) is 5.04. The first kappa shape index (κ1) is 14.2. The molecule has 2 rings (SSSR count). The third-order valence-corrected chi connectivity index (χ3v) is 6.45. The van der Waals surface area contributed by atoms with Crippen molar-refractivity contribution in [3.8, 4) is 0 Å². The highest BCUT2D eigenvalue weighted by Crippen LogP contribution is 2.26. The minimum absolute atomic E-state index is 0.0858. The second-order valence-electron chi connectivity index (χ2n) is 4.56. The molecule has 18 heavy (non-hydrogen) atoms. The van der Waals surface area contributed by atoms with Crippen LogP contribution in [-0.2, 0) is 24.8 Å². The molecule has 2 saturated heterocycles. The fourth-order valence-electron chi connectivity index (χ4n) is 2.30. The molecule has 2 aliphatic heterocycles. The average Bonchev–Trinajstić information content (AvgIpc) is 2.59. The Labute approximate surface area is 108 Å². The summed E-state index contributed by atoms with van der Waals surface area (Å²) < 4.78 is 56.3. The summed E-state index contributed by atoms with van der Waals surface area (Å²) in [5.41, 5.74) is 0. The van der Waals surface area contributed by atoms with Gasteiger partial charge in [-0.25, -0.2) is 13.1 Å². The molecular weight excluding hydrogens is 280 g/mol. The maximum Gasteiger partial charge on any atom is 0.279 e. The van der Waals surface area contributed by atoms with E-state index in [4.69, 9.17) is 4.74 Å². The lowest BCUT2D eigenvalue weighted by atomic mass is 10.2. The normalized spacial score (nSPS) is 32.3. The summed E-state index contributed by atoms with van der Waals surface area (Å²) in [7, 11) is -6.81. The van der Waals surface area contributed by atoms with Gasteiger partial charge in [-0.05, 0) is 6.42 Å². The quantitative estimate of drug-likeness (QED) is 0.698. The fraction of sp³-hybridized carbons (Fsp3) is 1.00. The number of sulfone groups is 1. The molecule has 0 amide bonds. The third-order valence-electron chi connectivity index (χ3n) is 3.13. The van der Waals surface area contributed by atoms with E-state index in [-0.39, 0.29) is 24.7 Å². The van der Waals surface area contributed by atoms with Gasteiger partial charge in [0.15, 0.2) is 9.84 Å². The Hall–Kier alpha value is -0.220. The monoisotopic (exact) mass is 298 g/mol. The van der Waals surface area contributed by atoms with Crippen LogP contribution in [-0.4, -0.2) is 64.5 Å². The Morgan fingerprint density at radius 3 is 2.78 bits per heavy atom. The smallest absolute Gasteiger partial charge is 0.279 e. The van der Waals surface area contributed by atoms with Gasteiger partial charge in [0.2, 0.25) is 0 Å². The summed E-state index contributed by atoms with van der Waals surface area (Å²) in [5, 5.41) is 0. The van der Waals surface area contributed by atoms with Crippen molar-refractivity contribution < 1.29 is 21.6 Å². The highest BCUT2D eigenvalue weighted by atomic mass is 32.2. The van der Waals surface area contributed by atoms with E-state index in [1.54, 1.807) is 0 Å². The molecule has 9 heteroatoms. The molecule has 0 spiro atoms. The van der Waals surface area contributed by atoms with E-state index in [1.807, 2.05) is 6.92 Å². The number of hydrogen-bond acceptors (Lipinski definition) is 5. The Morgan fingerprint density at radius 2 is 2.11 bits per heavy atom. The van der Waals surface area contributed by atoms with Gasteiger partial charge in [0.1, 0.15) is 0 Å². The van der Waals surface area contributed by atoms with Crippen LogP contribution in [0.4, 0.5) is 0 Å². The van der Waals surface area contributed by atoms with Crippen molar-refractivity contribution in [1.29, 1.82) is 0 Å². The van der Waals surface area contributed by atoms with E-state index in [2.05, 4.69) is 4.72 Å². The highest BCUT2D eigenvalue weighted by molar-refractivity contribution is 7.92. The number of ether oxygens (including phenoxy) is 1. The minimum atomic E-state index is -3.61. The van der Waals surface area contributed by atoms with Crippen molar-refractivity contribution in [2.24, 2.45) is 0 Å². The number of hydrogen-bond donors (Lipinski definition) is 1. The molecule has 0 saturated carbocycles. The van der Waals surface area contributed by atoms with E-state index < -0.39 is 32.2 Å². The maximum atomic E-state index is 12.1. The van der Waals surface area contributed by atoms with Gasteiger partial charge >= 0.3 is 0 Å². The maximum absolute atomic E-state index is 12.1. The van der Waals surface area contributed by atoms with Crippen LogP contribution in [0.2, 0.25) is 0 Å². The second-order valence-corrected chi connectivity index (χ2v) is 8.43. The van der Waals surface area contributed by atoms with Gasteiger partial charge in [0.25, 0.3) is 10.2 Å². The first-order valence-electron chi connectivity index (χ1n) is 5.94.